The first-order valence-corrected chi connectivity index (χ1v) is 6.97. The lowest BCUT2D eigenvalue weighted by Crippen LogP contribution is -2.46. The summed E-state index contributed by atoms with van der Waals surface area (Å²) in [5, 5.41) is 0. The zero-order valence-corrected chi connectivity index (χ0v) is 12.3. The molecule has 0 radical (unpaired) electrons. The Morgan fingerprint density at radius 2 is 2.00 bits per heavy atom. The van der Waals surface area contributed by atoms with E-state index in [-0.39, 0.29) is 12.2 Å². The van der Waals surface area contributed by atoms with Crippen LogP contribution in [0.15, 0.2) is 6.20 Å². The standard InChI is InChI=1S/C14H24N4O/c1-9(2)14-16-6-13(12(5-15)17-14)18-7-10(3)19-11(4)8-18/h6,9-11H,5,7-8,15H2,1-4H3. The second-order valence-corrected chi connectivity index (χ2v) is 5.58. The number of aromatic nitrogens is 2. The highest BCUT2D eigenvalue weighted by atomic mass is 16.5. The van der Waals surface area contributed by atoms with Gasteiger partial charge in [0.25, 0.3) is 0 Å². The number of ether oxygens (including phenoxy) is 1. The molecule has 5 nitrogen and oxygen atoms in total. The molecule has 0 bridgehead atoms. The van der Waals surface area contributed by atoms with Crippen molar-refractivity contribution in [1.82, 2.24) is 9.97 Å². The minimum absolute atomic E-state index is 0.221. The lowest BCUT2D eigenvalue weighted by Gasteiger charge is -2.37. The van der Waals surface area contributed by atoms with E-state index in [1.54, 1.807) is 0 Å². The molecule has 2 atom stereocenters. The minimum atomic E-state index is 0.221. The number of nitrogens with two attached hydrogens (primary N) is 1. The van der Waals surface area contributed by atoms with Gasteiger partial charge in [0.15, 0.2) is 0 Å². The Balaban J connectivity index is 2.28. The van der Waals surface area contributed by atoms with E-state index < -0.39 is 0 Å². The third-order valence-corrected chi connectivity index (χ3v) is 3.33. The van der Waals surface area contributed by atoms with E-state index in [0.717, 1.165) is 30.3 Å². The maximum absolute atomic E-state index is 5.85. The quantitative estimate of drug-likeness (QED) is 0.899. The molecule has 2 N–H and O–H groups in total. The van der Waals surface area contributed by atoms with Gasteiger partial charge >= 0.3 is 0 Å². The maximum atomic E-state index is 5.85. The van der Waals surface area contributed by atoms with E-state index in [0.29, 0.717) is 12.5 Å². The summed E-state index contributed by atoms with van der Waals surface area (Å²) < 4.78 is 5.76. The first-order chi connectivity index (χ1) is 9.01. The molecule has 0 aromatic carbocycles. The zero-order chi connectivity index (χ0) is 14.0. The third kappa shape index (κ3) is 3.22. The van der Waals surface area contributed by atoms with Crippen LogP contribution < -0.4 is 10.6 Å². The van der Waals surface area contributed by atoms with Crippen molar-refractivity contribution in [1.29, 1.82) is 0 Å². The van der Waals surface area contributed by atoms with Gasteiger partial charge in [0.2, 0.25) is 0 Å². The number of hydrogen-bond acceptors (Lipinski definition) is 5. The number of anilines is 1. The number of morpholine rings is 1. The van der Waals surface area contributed by atoms with Gasteiger partial charge < -0.3 is 15.4 Å². The van der Waals surface area contributed by atoms with Crippen LogP contribution in [-0.4, -0.2) is 35.3 Å². The molecule has 1 aliphatic heterocycles. The van der Waals surface area contributed by atoms with Gasteiger partial charge in [0, 0.05) is 25.6 Å². The molecule has 2 heterocycles. The fourth-order valence-electron chi connectivity index (χ4n) is 2.49. The van der Waals surface area contributed by atoms with Crippen molar-refractivity contribution >= 4 is 5.69 Å². The lowest BCUT2D eigenvalue weighted by atomic mass is 10.1. The molecule has 2 rings (SSSR count). The predicted octanol–water partition coefficient (Wildman–Crippen LogP) is 1.67. The second kappa shape index (κ2) is 5.84. The van der Waals surface area contributed by atoms with E-state index >= 15 is 0 Å². The Hall–Kier alpha value is -1.20. The lowest BCUT2D eigenvalue weighted by molar-refractivity contribution is -0.00530. The summed E-state index contributed by atoms with van der Waals surface area (Å²) in [4.78, 5) is 11.3. The molecule has 0 aliphatic carbocycles. The fourth-order valence-corrected chi connectivity index (χ4v) is 2.49. The van der Waals surface area contributed by atoms with Gasteiger partial charge in [0.05, 0.1) is 29.8 Å². The van der Waals surface area contributed by atoms with Crippen LogP contribution in [0.2, 0.25) is 0 Å². The molecular formula is C14H24N4O. The van der Waals surface area contributed by atoms with Crippen LogP contribution in [-0.2, 0) is 11.3 Å². The Morgan fingerprint density at radius 1 is 1.37 bits per heavy atom. The van der Waals surface area contributed by atoms with Crippen molar-refractivity contribution in [3.05, 3.63) is 17.7 Å². The molecule has 1 saturated heterocycles. The summed E-state index contributed by atoms with van der Waals surface area (Å²) in [6, 6.07) is 0. The normalized spacial score (nSPS) is 24.0. The smallest absolute Gasteiger partial charge is 0.131 e. The van der Waals surface area contributed by atoms with Crippen LogP contribution in [0.4, 0.5) is 5.69 Å². The molecule has 5 heteroatoms. The van der Waals surface area contributed by atoms with Crippen molar-refractivity contribution in [2.75, 3.05) is 18.0 Å². The van der Waals surface area contributed by atoms with Crippen molar-refractivity contribution in [3.63, 3.8) is 0 Å². The fraction of sp³-hybridized carbons (Fsp3) is 0.714. The summed E-state index contributed by atoms with van der Waals surface area (Å²) in [5.41, 5.74) is 7.83. The monoisotopic (exact) mass is 264 g/mol. The first kappa shape index (κ1) is 14.2. The second-order valence-electron chi connectivity index (χ2n) is 5.58. The van der Waals surface area contributed by atoms with E-state index in [9.17, 15) is 0 Å². The molecule has 1 aromatic heterocycles. The molecule has 1 aliphatic rings. The summed E-state index contributed by atoms with van der Waals surface area (Å²) in [6.07, 6.45) is 2.35. The molecular weight excluding hydrogens is 240 g/mol. The van der Waals surface area contributed by atoms with Gasteiger partial charge in [-0.15, -0.1) is 0 Å². The van der Waals surface area contributed by atoms with Gasteiger partial charge in [-0.25, -0.2) is 9.97 Å². The Morgan fingerprint density at radius 3 is 2.53 bits per heavy atom. The molecule has 1 aromatic rings. The van der Waals surface area contributed by atoms with Gasteiger partial charge in [-0.1, -0.05) is 13.8 Å². The van der Waals surface area contributed by atoms with E-state index in [2.05, 4.69) is 42.6 Å². The topological polar surface area (TPSA) is 64.3 Å². The molecule has 106 valence electrons. The van der Waals surface area contributed by atoms with Crippen molar-refractivity contribution in [2.24, 2.45) is 5.73 Å². The largest absolute Gasteiger partial charge is 0.372 e. The molecule has 19 heavy (non-hydrogen) atoms. The average Bonchev–Trinajstić information content (AvgIpc) is 2.36. The number of rotatable bonds is 3. The summed E-state index contributed by atoms with van der Waals surface area (Å²) in [5.74, 6) is 1.18. The SMILES string of the molecule is CC1CN(c2cnc(C(C)C)nc2CN)CC(C)O1. The molecule has 0 amide bonds. The zero-order valence-electron chi connectivity index (χ0n) is 12.3. The molecule has 2 unspecified atom stereocenters. The Kier molecular flexibility index (Phi) is 4.37. The highest BCUT2D eigenvalue weighted by molar-refractivity contribution is 5.49. The Bertz CT molecular complexity index is 425. The van der Waals surface area contributed by atoms with Crippen LogP contribution in [0, 0.1) is 0 Å². The van der Waals surface area contributed by atoms with Crippen LogP contribution in [0.1, 0.15) is 45.1 Å². The van der Waals surface area contributed by atoms with Gasteiger partial charge in [-0.3, -0.25) is 0 Å². The van der Waals surface area contributed by atoms with Crippen LogP contribution in [0.3, 0.4) is 0 Å². The number of nitrogens with zero attached hydrogens (tertiary/aromatic N) is 3. The average molecular weight is 264 g/mol. The van der Waals surface area contributed by atoms with Crippen molar-refractivity contribution in [2.45, 2.75) is 52.4 Å². The molecule has 1 fully saturated rings. The number of hydrogen-bond donors (Lipinski definition) is 1. The van der Waals surface area contributed by atoms with Crippen molar-refractivity contribution in [3.8, 4) is 0 Å². The maximum Gasteiger partial charge on any atom is 0.131 e. The van der Waals surface area contributed by atoms with Gasteiger partial charge in [-0.2, -0.15) is 0 Å². The van der Waals surface area contributed by atoms with Gasteiger partial charge in [-0.05, 0) is 13.8 Å². The van der Waals surface area contributed by atoms with Crippen LogP contribution >= 0.6 is 0 Å². The van der Waals surface area contributed by atoms with Crippen LogP contribution in [0.5, 0.6) is 0 Å². The van der Waals surface area contributed by atoms with Crippen molar-refractivity contribution < 1.29 is 4.74 Å². The molecule has 0 spiro atoms. The highest BCUT2D eigenvalue weighted by Crippen LogP contribution is 2.23. The Labute approximate surface area is 115 Å². The highest BCUT2D eigenvalue weighted by Gasteiger charge is 2.24. The van der Waals surface area contributed by atoms with E-state index in [1.807, 2.05) is 6.20 Å². The minimum Gasteiger partial charge on any atom is -0.372 e. The van der Waals surface area contributed by atoms with E-state index in [4.69, 9.17) is 10.5 Å². The van der Waals surface area contributed by atoms with E-state index in [1.165, 1.54) is 0 Å². The summed E-state index contributed by atoms with van der Waals surface area (Å²) in [7, 11) is 0. The third-order valence-electron chi connectivity index (χ3n) is 3.33. The first-order valence-electron chi connectivity index (χ1n) is 6.97. The summed E-state index contributed by atoms with van der Waals surface area (Å²) >= 11 is 0. The van der Waals surface area contributed by atoms with Gasteiger partial charge in [0.1, 0.15) is 5.82 Å². The van der Waals surface area contributed by atoms with Crippen LogP contribution in [0.25, 0.3) is 0 Å². The predicted molar refractivity (Wildman–Crippen MR) is 76.2 cm³/mol. The molecule has 0 saturated carbocycles. The summed E-state index contributed by atoms with van der Waals surface area (Å²) in [6.45, 7) is 10.5.